The van der Waals surface area contributed by atoms with E-state index < -0.39 is 0 Å². The Morgan fingerprint density at radius 1 is 1.57 bits per heavy atom. The van der Waals surface area contributed by atoms with Crippen LogP contribution >= 0.6 is 0 Å². The van der Waals surface area contributed by atoms with Gasteiger partial charge in [0.05, 0.1) is 6.54 Å². The van der Waals surface area contributed by atoms with Gasteiger partial charge in [-0.3, -0.25) is 9.78 Å². The van der Waals surface area contributed by atoms with Crippen LogP contribution in [0.15, 0.2) is 18.5 Å². The van der Waals surface area contributed by atoms with Crippen LogP contribution in [0, 0.1) is 6.92 Å². The minimum Gasteiger partial charge on any atom is -0.351 e. The van der Waals surface area contributed by atoms with Crippen molar-refractivity contribution in [1.82, 2.24) is 15.6 Å². The minimum atomic E-state index is -0.00393. The molecular formula is C10H15N3O. The summed E-state index contributed by atoms with van der Waals surface area (Å²) in [4.78, 5) is 15.1. The molecule has 0 aliphatic heterocycles. The Morgan fingerprint density at radius 3 is 3.00 bits per heavy atom. The lowest BCUT2D eigenvalue weighted by atomic mass is 10.1. The van der Waals surface area contributed by atoms with Crippen molar-refractivity contribution in [2.24, 2.45) is 0 Å². The van der Waals surface area contributed by atoms with Gasteiger partial charge >= 0.3 is 0 Å². The van der Waals surface area contributed by atoms with Crippen molar-refractivity contribution in [2.45, 2.75) is 13.5 Å². The van der Waals surface area contributed by atoms with Crippen molar-refractivity contribution in [2.75, 3.05) is 13.6 Å². The molecule has 0 radical (unpaired) electrons. The van der Waals surface area contributed by atoms with E-state index in [9.17, 15) is 4.79 Å². The quantitative estimate of drug-likeness (QED) is 0.719. The highest BCUT2D eigenvalue weighted by molar-refractivity contribution is 5.77. The number of hydrogen-bond donors (Lipinski definition) is 2. The highest BCUT2D eigenvalue weighted by atomic mass is 16.1. The van der Waals surface area contributed by atoms with Crippen molar-refractivity contribution < 1.29 is 4.79 Å². The monoisotopic (exact) mass is 193 g/mol. The molecule has 0 saturated heterocycles. The van der Waals surface area contributed by atoms with Crippen molar-refractivity contribution in [3.05, 3.63) is 29.6 Å². The molecule has 0 spiro atoms. The fourth-order valence-electron chi connectivity index (χ4n) is 1.10. The molecule has 0 aliphatic rings. The zero-order chi connectivity index (χ0) is 10.4. The standard InChI is InChI=1S/C10H15N3O/c1-8-3-4-12-5-9(8)6-13-10(14)7-11-2/h3-5,11H,6-7H2,1-2H3,(H,13,14). The van der Waals surface area contributed by atoms with Crippen LogP contribution < -0.4 is 10.6 Å². The van der Waals surface area contributed by atoms with Gasteiger partial charge in [0.25, 0.3) is 0 Å². The highest BCUT2D eigenvalue weighted by Crippen LogP contribution is 2.03. The molecule has 1 aromatic rings. The molecular weight excluding hydrogens is 178 g/mol. The van der Waals surface area contributed by atoms with E-state index in [4.69, 9.17) is 0 Å². The normalized spacial score (nSPS) is 9.86. The summed E-state index contributed by atoms with van der Waals surface area (Å²) < 4.78 is 0. The lowest BCUT2D eigenvalue weighted by Gasteiger charge is -2.06. The first-order chi connectivity index (χ1) is 6.74. The Kier molecular flexibility index (Phi) is 4.07. The maximum absolute atomic E-state index is 11.1. The number of amides is 1. The number of nitrogens with zero attached hydrogens (tertiary/aromatic N) is 1. The third-order valence-corrected chi connectivity index (χ3v) is 1.96. The molecule has 4 heteroatoms. The Bertz CT molecular complexity index is 312. The average Bonchev–Trinajstić information content (AvgIpc) is 2.17. The predicted octanol–water partition coefficient (Wildman–Crippen LogP) is 0.226. The number of carbonyl (C=O) groups is 1. The second kappa shape index (κ2) is 5.34. The van der Waals surface area contributed by atoms with Gasteiger partial charge in [-0.1, -0.05) is 0 Å². The molecule has 0 saturated carbocycles. The zero-order valence-corrected chi connectivity index (χ0v) is 8.50. The number of carbonyl (C=O) groups excluding carboxylic acids is 1. The summed E-state index contributed by atoms with van der Waals surface area (Å²) >= 11 is 0. The number of hydrogen-bond acceptors (Lipinski definition) is 3. The van der Waals surface area contributed by atoms with Crippen LogP contribution in [0.4, 0.5) is 0 Å². The van der Waals surface area contributed by atoms with Crippen molar-refractivity contribution in [1.29, 1.82) is 0 Å². The van der Waals surface area contributed by atoms with Gasteiger partial charge in [0.2, 0.25) is 5.91 Å². The summed E-state index contributed by atoms with van der Waals surface area (Å²) in [6, 6.07) is 1.93. The predicted molar refractivity (Wildman–Crippen MR) is 54.7 cm³/mol. The summed E-state index contributed by atoms with van der Waals surface area (Å²) in [7, 11) is 1.74. The summed E-state index contributed by atoms with van der Waals surface area (Å²) in [6.45, 7) is 2.89. The van der Waals surface area contributed by atoms with E-state index in [-0.39, 0.29) is 5.91 Å². The van der Waals surface area contributed by atoms with Gasteiger partial charge in [0.15, 0.2) is 0 Å². The molecule has 0 bridgehead atoms. The molecule has 2 N–H and O–H groups in total. The summed E-state index contributed by atoms with van der Waals surface area (Å²) in [5, 5.41) is 5.59. The highest BCUT2D eigenvalue weighted by Gasteiger charge is 2.00. The van der Waals surface area contributed by atoms with Crippen LogP contribution in [0.2, 0.25) is 0 Å². The van der Waals surface area contributed by atoms with Gasteiger partial charge in [-0.05, 0) is 31.2 Å². The molecule has 0 fully saturated rings. The van der Waals surface area contributed by atoms with Gasteiger partial charge in [-0.25, -0.2) is 0 Å². The molecule has 76 valence electrons. The molecule has 0 atom stereocenters. The molecule has 0 aromatic carbocycles. The number of likely N-dealkylation sites (N-methyl/N-ethyl adjacent to an activating group) is 1. The second-order valence-corrected chi connectivity index (χ2v) is 3.11. The van der Waals surface area contributed by atoms with E-state index in [0.717, 1.165) is 11.1 Å². The SMILES string of the molecule is CNCC(=O)NCc1cnccc1C. The third kappa shape index (κ3) is 3.14. The summed E-state index contributed by atoms with van der Waals surface area (Å²) in [5.41, 5.74) is 2.20. The van der Waals surface area contributed by atoms with Crippen LogP contribution in [0.1, 0.15) is 11.1 Å². The molecule has 0 unspecified atom stereocenters. The van der Waals surface area contributed by atoms with E-state index >= 15 is 0 Å². The number of aryl methyl sites for hydroxylation is 1. The van der Waals surface area contributed by atoms with E-state index in [1.54, 1.807) is 19.4 Å². The molecule has 1 heterocycles. The van der Waals surface area contributed by atoms with Crippen molar-refractivity contribution in [3.63, 3.8) is 0 Å². The van der Waals surface area contributed by atoms with Crippen LogP contribution in [0.5, 0.6) is 0 Å². The first-order valence-electron chi connectivity index (χ1n) is 4.55. The number of rotatable bonds is 4. The first-order valence-corrected chi connectivity index (χ1v) is 4.55. The second-order valence-electron chi connectivity index (χ2n) is 3.11. The van der Waals surface area contributed by atoms with Gasteiger partial charge in [0.1, 0.15) is 0 Å². The fourth-order valence-corrected chi connectivity index (χ4v) is 1.10. The number of aromatic nitrogens is 1. The average molecular weight is 193 g/mol. The fraction of sp³-hybridized carbons (Fsp3) is 0.400. The van der Waals surface area contributed by atoms with Crippen LogP contribution in [0.3, 0.4) is 0 Å². The minimum absolute atomic E-state index is 0.00393. The number of nitrogens with one attached hydrogen (secondary N) is 2. The lowest BCUT2D eigenvalue weighted by molar-refractivity contribution is -0.120. The molecule has 0 aliphatic carbocycles. The molecule has 14 heavy (non-hydrogen) atoms. The van der Waals surface area contributed by atoms with Gasteiger partial charge in [0, 0.05) is 18.9 Å². The van der Waals surface area contributed by atoms with Crippen molar-refractivity contribution >= 4 is 5.91 Å². The summed E-state index contributed by atoms with van der Waals surface area (Å²) in [6.07, 6.45) is 3.52. The van der Waals surface area contributed by atoms with Crippen LogP contribution in [-0.2, 0) is 11.3 Å². The molecule has 4 nitrogen and oxygen atoms in total. The molecule has 1 amide bonds. The van der Waals surface area contributed by atoms with Gasteiger partial charge in [-0.2, -0.15) is 0 Å². The van der Waals surface area contributed by atoms with E-state index in [1.165, 1.54) is 0 Å². The largest absolute Gasteiger partial charge is 0.351 e. The third-order valence-electron chi connectivity index (χ3n) is 1.96. The van der Waals surface area contributed by atoms with Crippen LogP contribution in [-0.4, -0.2) is 24.5 Å². The van der Waals surface area contributed by atoms with E-state index in [2.05, 4.69) is 15.6 Å². The Balaban J connectivity index is 2.46. The lowest BCUT2D eigenvalue weighted by Crippen LogP contribution is -2.31. The Hall–Kier alpha value is -1.42. The van der Waals surface area contributed by atoms with Gasteiger partial charge < -0.3 is 10.6 Å². The zero-order valence-electron chi connectivity index (χ0n) is 8.50. The maximum Gasteiger partial charge on any atom is 0.234 e. The molecule has 1 aromatic heterocycles. The van der Waals surface area contributed by atoms with E-state index in [1.807, 2.05) is 13.0 Å². The first kappa shape index (κ1) is 10.7. The van der Waals surface area contributed by atoms with Crippen molar-refractivity contribution in [3.8, 4) is 0 Å². The molecule has 1 rings (SSSR count). The smallest absolute Gasteiger partial charge is 0.234 e. The maximum atomic E-state index is 11.1. The van der Waals surface area contributed by atoms with E-state index in [0.29, 0.717) is 13.1 Å². The number of pyridine rings is 1. The van der Waals surface area contributed by atoms with Crippen LogP contribution in [0.25, 0.3) is 0 Å². The van der Waals surface area contributed by atoms with Gasteiger partial charge in [-0.15, -0.1) is 0 Å². The topological polar surface area (TPSA) is 54.0 Å². The summed E-state index contributed by atoms with van der Waals surface area (Å²) in [5.74, 6) is -0.00393. The Labute approximate surface area is 83.7 Å². The Morgan fingerprint density at radius 2 is 2.36 bits per heavy atom.